The minimum Gasteiger partial charge on any atom is -0.495 e. The smallest absolute Gasteiger partial charge is 0.276 e. The first-order chi connectivity index (χ1) is 13.6. The Hall–Kier alpha value is -3.09. The highest BCUT2D eigenvalue weighted by molar-refractivity contribution is 5.92. The summed E-state index contributed by atoms with van der Waals surface area (Å²) in [6.45, 7) is 2.27. The molecule has 2 aromatic heterocycles. The number of benzene rings is 1. The summed E-state index contributed by atoms with van der Waals surface area (Å²) in [5, 5.41) is 7.42. The van der Waals surface area contributed by atoms with Crippen molar-refractivity contribution in [2.75, 3.05) is 12.4 Å². The molecule has 1 amide bonds. The molecule has 1 aliphatic carbocycles. The van der Waals surface area contributed by atoms with Gasteiger partial charge in [0.15, 0.2) is 0 Å². The molecule has 3 aromatic rings. The van der Waals surface area contributed by atoms with Gasteiger partial charge in [-0.15, -0.1) is 0 Å². The van der Waals surface area contributed by atoms with E-state index in [0.717, 1.165) is 42.5 Å². The molecule has 28 heavy (non-hydrogen) atoms. The lowest BCUT2D eigenvalue weighted by Crippen LogP contribution is -2.25. The van der Waals surface area contributed by atoms with Crippen molar-refractivity contribution in [2.45, 2.75) is 45.6 Å². The Morgan fingerprint density at radius 2 is 2.07 bits per heavy atom. The molecule has 0 atom stereocenters. The topological polar surface area (TPSA) is 77.6 Å². The van der Waals surface area contributed by atoms with Gasteiger partial charge in [0.05, 0.1) is 18.5 Å². The lowest BCUT2D eigenvalue weighted by Gasteiger charge is -2.12. The molecule has 0 unspecified atom stereocenters. The maximum atomic E-state index is 12.9. The molecule has 1 aliphatic rings. The number of anilines is 1. The van der Waals surface area contributed by atoms with Crippen LogP contribution in [0.4, 0.5) is 5.69 Å². The van der Waals surface area contributed by atoms with Crippen molar-refractivity contribution in [3.8, 4) is 5.75 Å². The second-order valence-electron chi connectivity index (χ2n) is 7.22. The van der Waals surface area contributed by atoms with Gasteiger partial charge in [0.1, 0.15) is 11.3 Å². The molecule has 146 valence electrons. The Bertz CT molecular complexity index is 1100. The van der Waals surface area contributed by atoms with Crippen molar-refractivity contribution in [3.05, 3.63) is 57.8 Å². The number of amides is 1. The Balaban J connectivity index is 1.51. The third-order valence-corrected chi connectivity index (χ3v) is 5.24. The SMILES string of the molecule is COc1ccc(C)cc1NC(=O)CCn1ccn2nc3c(c2c1=O)CCCC3. The summed E-state index contributed by atoms with van der Waals surface area (Å²) in [6.07, 6.45) is 7.73. The van der Waals surface area contributed by atoms with Crippen LogP contribution in [-0.2, 0) is 24.2 Å². The number of aryl methyl sites for hydroxylation is 4. The Morgan fingerprint density at radius 1 is 1.25 bits per heavy atom. The number of hydrogen-bond acceptors (Lipinski definition) is 4. The molecule has 7 heteroatoms. The van der Waals surface area contributed by atoms with Crippen LogP contribution in [0.1, 0.15) is 36.1 Å². The van der Waals surface area contributed by atoms with Gasteiger partial charge in [-0.3, -0.25) is 9.59 Å². The van der Waals surface area contributed by atoms with Crippen LogP contribution in [-0.4, -0.2) is 27.2 Å². The summed E-state index contributed by atoms with van der Waals surface area (Å²) in [4.78, 5) is 25.4. The van der Waals surface area contributed by atoms with E-state index < -0.39 is 0 Å². The second kappa shape index (κ2) is 7.50. The fourth-order valence-corrected chi connectivity index (χ4v) is 3.79. The van der Waals surface area contributed by atoms with E-state index >= 15 is 0 Å². The van der Waals surface area contributed by atoms with Crippen molar-refractivity contribution < 1.29 is 9.53 Å². The molecule has 7 nitrogen and oxygen atoms in total. The molecule has 0 saturated carbocycles. The van der Waals surface area contributed by atoms with Gasteiger partial charge in [-0.05, 0) is 50.3 Å². The molecule has 1 aromatic carbocycles. The van der Waals surface area contributed by atoms with Gasteiger partial charge >= 0.3 is 0 Å². The van der Waals surface area contributed by atoms with Crippen molar-refractivity contribution >= 4 is 17.1 Å². The molecule has 0 fully saturated rings. The summed E-state index contributed by atoms with van der Waals surface area (Å²) in [7, 11) is 1.57. The Labute approximate surface area is 162 Å². The largest absolute Gasteiger partial charge is 0.495 e. The van der Waals surface area contributed by atoms with Gasteiger partial charge in [0.25, 0.3) is 5.56 Å². The van der Waals surface area contributed by atoms with Gasteiger partial charge < -0.3 is 14.6 Å². The molecule has 0 radical (unpaired) electrons. The highest BCUT2D eigenvalue weighted by Gasteiger charge is 2.19. The fraction of sp³-hybridized carbons (Fsp3) is 0.381. The number of carbonyl (C=O) groups is 1. The van der Waals surface area contributed by atoms with Crippen molar-refractivity contribution in [1.29, 1.82) is 0 Å². The number of methoxy groups -OCH3 is 1. The zero-order chi connectivity index (χ0) is 19.7. The molecular weight excluding hydrogens is 356 g/mol. The van der Waals surface area contributed by atoms with E-state index in [1.807, 2.05) is 25.1 Å². The lowest BCUT2D eigenvalue weighted by atomic mass is 9.97. The van der Waals surface area contributed by atoms with Crippen LogP contribution in [0.15, 0.2) is 35.4 Å². The molecule has 1 N–H and O–H groups in total. The maximum Gasteiger partial charge on any atom is 0.276 e. The van der Waals surface area contributed by atoms with Gasteiger partial charge in [-0.25, -0.2) is 4.52 Å². The second-order valence-corrected chi connectivity index (χ2v) is 7.22. The minimum atomic E-state index is -0.161. The minimum absolute atomic E-state index is 0.0842. The maximum absolute atomic E-state index is 12.9. The molecule has 4 rings (SSSR count). The first-order valence-corrected chi connectivity index (χ1v) is 9.61. The van der Waals surface area contributed by atoms with Crippen LogP contribution in [0.2, 0.25) is 0 Å². The standard InChI is InChI=1S/C21H24N4O3/c1-14-7-8-18(28-2)17(13-14)22-19(26)9-10-24-11-12-25-20(21(24)27)15-5-3-4-6-16(15)23-25/h7-8,11-13H,3-6,9-10H2,1-2H3,(H,22,26). The number of ether oxygens (including phenoxy) is 1. The number of hydrogen-bond donors (Lipinski definition) is 1. The Kier molecular flexibility index (Phi) is 4.90. The van der Waals surface area contributed by atoms with Crippen molar-refractivity contribution in [2.24, 2.45) is 0 Å². The van der Waals surface area contributed by atoms with E-state index in [9.17, 15) is 9.59 Å². The third-order valence-electron chi connectivity index (χ3n) is 5.24. The third kappa shape index (κ3) is 3.40. The Morgan fingerprint density at radius 3 is 2.89 bits per heavy atom. The quantitative estimate of drug-likeness (QED) is 0.738. The van der Waals surface area contributed by atoms with E-state index in [2.05, 4.69) is 10.4 Å². The van der Waals surface area contributed by atoms with Crippen LogP contribution in [0.25, 0.3) is 5.52 Å². The van der Waals surface area contributed by atoms with E-state index in [4.69, 9.17) is 4.74 Å². The summed E-state index contributed by atoms with van der Waals surface area (Å²) in [5.41, 5.74) is 4.34. The predicted octanol–water partition coefficient (Wildman–Crippen LogP) is 2.72. The van der Waals surface area contributed by atoms with Crippen molar-refractivity contribution in [1.82, 2.24) is 14.2 Å². The first-order valence-electron chi connectivity index (χ1n) is 9.61. The van der Waals surface area contributed by atoms with Crippen LogP contribution in [0.3, 0.4) is 0 Å². The number of carbonyl (C=O) groups excluding carboxylic acids is 1. The number of fused-ring (bicyclic) bond motifs is 3. The molecule has 0 spiro atoms. The summed E-state index contributed by atoms with van der Waals surface area (Å²) in [5.74, 6) is 0.453. The van der Waals surface area contributed by atoms with Gasteiger partial charge in [0.2, 0.25) is 5.91 Å². The normalized spacial score (nSPS) is 13.4. The fourth-order valence-electron chi connectivity index (χ4n) is 3.79. The summed E-state index contributed by atoms with van der Waals surface area (Å²) >= 11 is 0. The predicted molar refractivity (Wildman–Crippen MR) is 107 cm³/mol. The highest BCUT2D eigenvalue weighted by atomic mass is 16.5. The zero-order valence-corrected chi connectivity index (χ0v) is 16.2. The van der Waals surface area contributed by atoms with E-state index in [1.54, 1.807) is 28.6 Å². The monoisotopic (exact) mass is 380 g/mol. The van der Waals surface area contributed by atoms with Crippen LogP contribution < -0.4 is 15.6 Å². The molecule has 0 bridgehead atoms. The van der Waals surface area contributed by atoms with Crippen LogP contribution in [0, 0.1) is 6.92 Å². The van der Waals surface area contributed by atoms with Gasteiger partial charge in [-0.2, -0.15) is 5.10 Å². The average Bonchev–Trinajstić information content (AvgIpc) is 3.07. The molecular formula is C21H24N4O3. The number of aromatic nitrogens is 3. The zero-order valence-electron chi connectivity index (χ0n) is 16.2. The van der Waals surface area contributed by atoms with Gasteiger partial charge in [0, 0.05) is 30.9 Å². The van der Waals surface area contributed by atoms with Crippen molar-refractivity contribution in [3.63, 3.8) is 0 Å². The molecule has 0 aliphatic heterocycles. The highest BCUT2D eigenvalue weighted by Crippen LogP contribution is 2.25. The molecule has 0 saturated heterocycles. The summed E-state index contributed by atoms with van der Waals surface area (Å²) < 4.78 is 8.58. The number of nitrogens with zero attached hydrogens (tertiary/aromatic N) is 3. The lowest BCUT2D eigenvalue weighted by molar-refractivity contribution is -0.116. The first kappa shape index (κ1) is 18.3. The van der Waals surface area contributed by atoms with Crippen LogP contribution >= 0.6 is 0 Å². The van der Waals surface area contributed by atoms with E-state index in [-0.39, 0.29) is 17.9 Å². The number of nitrogens with one attached hydrogen (secondary N) is 1. The summed E-state index contributed by atoms with van der Waals surface area (Å²) in [6, 6.07) is 5.62. The van der Waals surface area contributed by atoms with E-state index in [1.165, 1.54) is 0 Å². The van der Waals surface area contributed by atoms with Gasteiger partial charge in [-0.1, -0.05) is 6.07 Å². The average molecular weight is 380 g/mol. The van der Waals surface area contributed by atoms with E-state index in [0.29, 0.717) is 23.5 Å². The molecule has 2 heterocycles. The van der Waals surface area contributed by atoms with Crippen LogP contribution in [0.5, 0.6) is 5.75 Å². The number of rotatable bonds is 5.